The van der Waals surface area contributed by atoms with E-state index in [1.54, 1.807) is 18.7 Å². The van der Waals surface area contributed by atoms with Crippen LogP contribution in [0.4, 0.5) is 0 Å². The number of nitrogens with one attached hydrogen (secondary N) is 3. The van der Waals surface area contributed by atoms with Gasteiger partial charge in [0, 0.05) is 30.5 Å². The van der Waals surface area contributed by atoms with Crippen LogP contribution < -0.4 is 16.0 Å². The molecule has 2 rings (SSSR count). The van der Waals surface area contributed by atoms with Crippen LogP contribution >= 0.6 is 0 Å². The molecule has 0 radical (unpaired) electrons. The lowest BCUT2D eigenvalue weighted by molar-refractivity contribution is -0.141. The number of rotatable bonds is 13. The molecule has 2 unspecified atom stereocenters. The van der Waals surface area contributed by atoms with Crippen LogP contribution in [0.2, 0.25) is 0 Å². The summed E-state index contributed by atoms with van der Waals surface area (Å²) in [4.78, 5) is 53.0. The molecular weight excluding hydrogens is 560 g/mol. The number of nitrogens with zero attached hydrogens (tertiary/aromatic N) is 1. The second-order valence-corrected chi connectivity index (χ2v) is 16.0. The number of amides is 4. The Hall–Kier alpha value is -2.20. The highest BCUT2D eigenvalue weighted by atomic mass is 16.3. The van der Waals surface area contributed by atoms with Crippen molar-refractivity contribution in [3.8, 4) is 0 Å². The number of carbonyl (C=O) groups excluding carboxylic acids is 4. The van der Waals surface area contributed by atoms with Crippen LogP contribution in [0.1, 0.15) is 114 Å². The standard InChI is InChI=1S/C34H62N4O6/c1-22(2)28(41)36-26(20-39)29(42)35-25-12-10-24(11-13-25)33(6,7)16-17-34(8,9)31(44)37-27(21-40)30(43)38-18-14-23(15-19-38)32(3,4)5/h22-27,39-40H,10-21H2,1-9H3,(H,35,42)(H,36,41)(H,37,44). The Kier molecular flexibility index (Phi) is 13.7. The normalized spacial score (nSPS) is 21.9. The van der Waals surface area contributed by atoms with Gasteiger partial charge in [0.2, 0.25) is 23.6 Å². The number of aliphatic hydroxyl groups is 2. The molecule has 2 fully saturated rings. The van der Waals surface area contributed by atoms with Gasteiger partial charge in [-0.05, 0) is 74.0 Å². The molecule has 1 aliphatic heterocycles. The third-order valence-corrected chi connectivity index (χ3v) is 10.3. The molecule has 1 saturated carbocycles. The van der Waals surface area contributed by atoms with Gasteiger partial charge in [-0.2, -0.15) is 0 Å². The minimum atomic E-state index is -0.950. The summed E-state index contributed by atoms with van der Waals surface area (Å²) in [6.45, 7) is 18.8. The van der Waals surface area contributed by atoms with Crippen LogP contribution in [-0.4, -0.2) is 83.2 Å². The van der Waals surface area contributed by atoms with Gasteiger partial charge in [0.05, 0.1) is 13.2 Å². The third kappa shape index (κ3) is 10.7. The monoisotopic (exact) mass is 622 g/mol. The summed E-state index contributed by atoms with van der Waals surface area (Å²) < 4.78 is 0. The van der Waals surface area contributed by atoms with E-state index >= 15 is 0 Å². The fraction of sp³-hybridized carbons (Fsp3) is 0.882. The fourth-order valence-electron chi connectivity index (χ4n) is 6.53. The molecule has 10 nitrogen and oxygen atoms in total. The first kappa shape index (κ1) is 38.0. The van der Waals surface area contributed by atoms with Crippen LogP contribution in [0, 0.1) is 34.0 Å². The number of aliphatic hydroxyl groups excluding tert-OH is 2. The molecule has 1 saturated heterocycles. The van der Waals surface area contributed by atoms with E-state index < -0.39 is 30.7 Å². The summed E-state index contributed by atoms with van der Waals surface area (Å²) in [6, 6.07) is -1.89. The van der Waals surface area contributed by atoms with Gasteiger partial charge < -0.3 is 31.1 Å². The van der Waals surface area contributed by atoms with E-state index in [9.17, 15) is 29.4 Å². The molecule has 0 aromatic rings. The lowest BCUT2D eigenvalue weighted by Crippen LogP contribution is -2.55. The highest BCUT2D eigenvalue weighted by Crippen LogP contribution is 2.43. The Balaban J connectivity index is 1.85. The van der Waals surface area contributed by atoms with Crippen molar-refractivity contribution in [3.63, 3.8) is 0 Å². The largest absolute Gasteiger partial charge is 0.394 e. The van der Waals surface area contributed by atoms with Crippen molar-refractivity contribution >= 4 is 23.6 Å². The van der Waals surface area contributed by atoms with Crippen molar-refractivity contribution in [2.75, 3.05) is 26.3 Å². The summed E-state index contributed by atoms with van der Waals surface area (Å²) in [6.07, 6.45) is 6.80. The maximum Gasteiger partial charge on any atom is 0.247 e. The lowest BCUT2D eigenvalue weighted by Gasteiger charge is -2.41. The highest BCUT2D eigenvalue weighted by Gasteiger charge is 2.39. The van der Waals surface area contributed by atoms with Crippen LogP contribution in [-0.2, 0) is 19.2 Å². The van der Waals surface area contributed by atoms with E-state index in [2.05, 4.69) is 50.6 Å². The molecule has 5 N–H and O–H groups in total. The average molecular weight is 623 g/mol. The van der Waals surface area contributed by atoms with Gasteiger partial charge in [0.1, 0.15) is 12.1 Å². The molecule has 2 aliphatic rings. The van der Waals surface area contributed by atoms with Crippen molar-refractivity contribution < 1.29 is 29.4 Å². The number of hydrogen-bond acceptors (Lipinski definition) is 6. The number of piperidine rings is 1. The van der Waals surface area contributed by atoms with E-state index in [4.69, 9.17) is 0 Å². The predicted molar refractivity (Wildman–Crippen MR) is 172 cm³/mol. The van der Waals surface area contributed by atoms with Gasteiger partial charge in [-0.25, -0.2) is 0 Å². The van der Waals surface area contributed by atoms with Crippen molar-refractivity contribution in [1.82, 2.24) is 20.9 Å². The molecule has 1 aliphatic carbocycles. The SMILES string of the molecule is CC(C)C(=O)NC(CO)C(=O)NC1CCC(C(C)(C)CCC(C)(C)C(=O)NC(CO)C(=O)N2CCC(C(C)(C)C)CC2)CC1. The predicted octanol–water partition coefficient (Wildman–Crippen LogP) is 3.39. The number of hydrogen-bond donors (Lipinski definition) is 5. The Bertz CT molecular complexity index is 973. The van der Waals surface area contributed by atoms with Crippen LogP contribution in [0.25, 0.3) is 0 Å². The first-order chi connectivity index (χ1) is 20.3. The summed E-state index contributed by atoms with van der Waals surface area (Å²) in [5, 5.41) is 28.1. The van der Waals surface area contributed by atoms with Gasteiger partial charge in [0.25, 0.3) is 0 Å². The molecule has 2 atom stereocenters. The summed E-state index contributed by atoms with van der Waals surface area (Å²) in [7, 11) is 0. The minimum Gasteiger partial charge on any atom is -0.394 e. The Morgan fingerprint density at radius 1 is 0.727 bits per heavy atom. The van der Waals surface area contributed by atoms with Gasteiger partial charge >= 0.3 is 0 Å². The van der Waals surface area contributed by atoms with Crippen molar-refractivity contribution in [2.24, 2.45) is 34.0 Å². The van der Waals surface area contributed by atoms with Crippen molar-refractivity contribution in [2.45, 2.75) is 132 Å². The molecular formula is C34H62N4O6. The number of likely N-dealkylation sites (tertiary alicyclic amines) is 1. The van der Waals surface area contributed by atoms with Crippen LogP contribution in [0.15, 0.2) is 0 Å². The maximum absolute atomic E-state index is 13.4. The molecule has 0 aromatic heterocycles. The molecule has 0 aromatic carbocycles. The topological polar surface area (TPSA) is 148 Å². The first-order valence-corrected chi connectivity index (χ1v) is 16.7. The van der Waals surface area contributed by atoms with Crippen molar-refractivity contribution in [1.29, 1.82) is 0 Å². The van der Waals surface area contributed by atoms with E-state index in [0.29, 0.717) is 31.3 Å². The second-order valence-electron chi connectivity index (χ2n) is 16.0. The van der Waals surface area contributed by atoms with Crippen LogP contribution in [0.3, 0.4) is 0 Å². The summed E-state index contributed by atoms with van der Waals surface area (Å²) in [5.41, 5.74) is -0.547. The molecule has 0 spiro atoms. The Labute approximate surface area is 265 Å². The Morgan fingerprint density at radius 3 is 1.75 bits per heavy atom. The summed E-state index contributed by atoms with van der Waals surface area (Å²) in [5.74, 6) is -0.355. The zero-order valence-electron chi connectivity index (χ0n) is 28.9. The molecule has 44 heavy (non-hydrogen) atoms. The van der Waals surface area contributed by atoms with Gasteiger partial charge in [0.15, 0.2) is 0 Å². The molecule has 4 amide bonds. The van der Waals surface area contributed by atoms with Crippen molar-refractivity contribution in [3.05, 3.63) is 0 Å². The fourth-order valence-corrected chi connectivity index (χ4v) is 6.53. The zero-order valence-corrected chi connectivity index (χ0v) is 28.9. The van der Waals surface area contributed by atoms with E-state index in [1.807, 2.05) is 13.8 Å². The molecule has 0 bridgehead atoms. The van der Waals surface area contributed by atoms with Gasteiger partial charge in [-0.3, -0.25) is 19.2 Å². The molecule has 10 heteroatoms. The zero-order chi connectivity index (χ0) is 33.5. The van der Waals surface area contributed by atoms with E-state index in [1.165, 1.54) is 0 Å². The maximum atomic E-state index is 13.4. The third-order valence-electron chi connectivity index (χ3n) is 10.3. The quantitative estimate of drug-likeness (QED) is 0.213. The lowest BCUT2D eigenvalue weighted by atomic mass is 9.66. The van der Waals surface area contributed by atoms with Gasteiger partial charge in [-0.15, -0.1) is 0 Å². The smallest absolute Gasteiger partial charge is 0.247 e. The van der Waals surface area contributed by atoms with E-state index in [0.717, 1.165) is 44.9 Å². The Morgan fingerprint density at radius 2 is 1.27 bits per heavy atom. The van der Waals surface area contributed by atoms with Crippen LogP contribution in [0.5, 0.6) is 0 Å². The van der Waals surface area contributed by atoms with Gasteiger partial charge in [-0.1, -0.05) is 62.3 Å². The van der Waals surface area contributed by atoms with E-state index in [-0.39, 0.29) is 46.4 Å². The number of carbonyl (C=O) groups is 4. The first-order valence-electron chi connectivity index (χ1n) is 16.7. The second kappa shape index (κ2) is 15.9. The molecule has 254 valence electrons. The highest BCUT2D eigenvalue weighted by molar-refractivity contribution is 5.90. The summed E-state index contributed by atoms with van der Waals surface area (Å²) >= 11 is 0. The molecule has 1 heterocycles. The average Bonchev–Trinajstić information content (AvgIpc) is 2.96. The minimum absolute atomic E-state index is 0.00558.